The maximum Gasteiger partial charge on any atom is 0.112 e. The van der Waals surface area contributed by atoms with Crippen LogP contribution in [-0.4, -0.2) is 10.2 Å². The Morgan fingerprint density at radius 2 is 1.58 bits per heavy atom. The highest BCUT2D eigenvalue weighted by molar-refractivity contribution is 5.46. The molecule has 0 aliphatic heterocycles. The quantitative estimate of drug-likeness (QED) is 0.886. The van der Waals surface area contributed by atoms with Crippen LogP contribution in [0.3, 0.4) is 0 Å². The summed E-state index contributed by atoms with van der Waals surface area (Å²) in [6.45, 7) is 5.80. The average molecular weight is 256 g/mol. The minimum Gasteiger partial charge on any atom is -0.392 e. The SMILES string of the molecule is Cc1c(CO)ccc(C(C)(O)c2ccccc2)c1C. The number of aliphatic hydroxyl groups excluding tert-OH is 1. The maximum absolute atomic E-state index is 10.9. The Kier molecular flexibility index (Phi) is 3.74. The van der Waals surface area contributed by atoms with E-state index in [4.69, 9.17) is 0 Å². The first-order chi connectivity index (χ1) is 8.98. The predicted molar refractivity (Wildman–Crippen MR) is 77.0 cm³/mol. The topological polar surface area (TPSA) is 40.5 Å². The van der Waals surface area contributed by atoms with Crippen molar-refractivity contribution in [3.8, 4) is 0 Å². The summed E-state index contributed by atoms with van der Waals surface area (Å²) in [6, 6.07) is 13.4. The van der Waals surface area contributed by atoms with Gasteiger partial charge in [0.05, 0.1) is 6.61 Å². The zero-order chi connectivity index (χ0) is 14.0. The van der Waals surface area contributed by atoms with Crippen LogP contribution >= 0.6 is 0 Å². The number of rotatable bonds is 3. The first kappa shape index (κ1) is 13.8. The van der Waals surface area contributed by atoms with Crippen LogP contribution in [0.1, 0.15) is 34.7 Å². The molecule has 0 saturated heterocycles. The van der Waals surface area contributed by atoms with E-state index in [2.05, 4.69) is 0 Å². The Hall–Kier alpha value is -1.64. The molecule has 2 nitrogen and oxygen atoms in total. The van der Waals surface area contributed by atoms with E-state index in [0.29, 0.717) is 0 Å². The molecule has 0 spiro atoms. The number of aliphatic hydroxyl groups is 2. The highest BCUT2D eigenvalue weighted by Crippen LogP contribution is 2.33. The lowest BCUT2D eigenvalue weighted by molar-refractivity contribution is 0.101. The highest BCUT2D eigenvalue weighted by atomic mass is 16.3. The molecule has 0 aliphatic rings. The summed E-state index contributed by atoms with van der Waals surface area (Å²) < 4.78 is 0. The van der Waals surface area contributed by atoms with Crippen molar-refractivity contribution in [2.24, 2.45) is 0 Å². The van der Waals surface area contributed by atoms with Gasteiger partial charge in [-0.15, -0.1) is 0 Å². The smallest absolute Gasteiger partial charge is 0.112 e. The van der Waals surface area contributed by atoms with Crippen molar-refractivity contribution in [1.82, 2.24) is 0 Å². The third-order valence-corrected chi connectivity index (χ3v) is 3.93. The molecule has 0 heterocycles. The summed E-state index contributed by atoms with van der Waals surface area (Å²) in [5.74, 6) is 0. The monoisotopic (exact) mass is 256 g/mol. The second-order valence-corrected chi connectivity index (χ2v) is 5.12. The Morgan fingerprint density at radius 3 is 2.16 bits per heavy atom. The van der Waals surface area contributed by atoms with E-state index in [-0.39, 0.29) is 6.61 Å². The molecule has 0 aliphatic carbocycles. The van der Waals surface area contributed by atoms with E-state index in [9.17, 15) is 10.2 Å². The van der Waals surface area contributed by atoms with Gasteiger partial charge in [0.25, 0.3) is 0 Å². The number of hydrogen-bond acceptors (Lipinski definition) is 2. The second-order valence-electron chi connectivity index (χ2n) is 5.12. The summed E-state index contributed by atoms with van der Waals surface area (Å²) in [5.41, 5.74) is 3.70. The van der Waals surface area contributed by atoms with E-state index in [1.807, 2.05) is 63.2 Å². The third kappa shape index (κ3) is 2.42. The van der Waals surface area contributed by atoms with Crippen LogP contribution in [0.25, 0.3) is 0 Å². The van der Waals surface area contributed by atoms with Crippen molar-refractivity contribution in [2.75, 3.05) is 0 Å². The summed E-state index contributed by atoms with van der Waals surface area (Å²) in [6.07, 6.45) is 0. The average Bonchev–Trinajstić information content (AvgIpc) is 2.42. The van der Waals surface area contributed by atoms with E-state index < -0.39 is 5.60 Å². The molecule has 0 amide bonds. The highest BCUT2D eigenvalue weighted by Gasteiger charge is 2.27. The van der Waals surface area contributed by atoms with Crippen LogP contribution < -0.4 is 0 Å². The molecule has 0 bridgehead atoms. The molecule has 0 aromatic heterocycles. The Bertz CT molecular complexity index is 571. The maximum atomic E-state index is 10.9. The molecule has 2 N–H and O–H groups in total. The van der Waals surface area contributed by atoms with Gasteiger partial charge in [-0.3, -0.25) is 0 Å². The first-order valence-electron chi connectivity index (χ1n) is 6.46. The first-order valence-corrected chi connectivity index (χ1v) is 6.46. The molecule has 19 heavy (non-hydrogen) atoms. The lowest BCUT2D eigenvalue weighted by atomic mass is 9.83. The molecule has 2 aromatic carbocycles. The van der Waals surface area contributed by atoms with Gasteiger partial charge in [0, 0.05) is 0 Å². The molecule has 0 saturated carbocycles. The standard InChI is InChI=1S/C17H20O2/c1-12-13(2)16(10-9-14(12)11-18)17(3,19)15-7-5-4-6-8-15/h4-10,18-19H,11H2,1-3H3. The van der Waals surface area contributed by atoms with Crippen molar-refractivity contribution in [2.45, 2.75) is 33.0 Å². The lowest BCUT2D eigenvalue weighted by Crippen LogP contribution is -2.24. The van der Waals surface area contributed by atoms with Gasteiger partial charge in [0.15, 0.2) is 0 Å². The van der Waals surface area contributed by atoms with E-state index in [1.54, 1.807) is 0 Å². The molecule has 2 heteroatoms. The van der Waals surface area contributed by atoms with Gasteiger partial charge in [-0.2, -0.15) is 0 Å². The molecule has 0 fully saturated rings. The van der Waals surface area contributed by atoms with Gasteiger partial charge in [-0.05, 0) is 48.6 Å². The second kappa shape index (κ2) is 5.16. The molecule has 100 valence electrons. The van der Waals surface area contributed by atoms with Gasteiger partial charge in [0.1, 0.15) is 5.60 Å². The minimum atomic E-state index is -1.02. The minimum absolute atomic E-state index is 0.0282. The summed E-state index contributed by atoms with van der Waals surface area (Å²) in [5, 5.41) is 20.2. The van der Waals surface area contributed by atoms with Gasteiger partial charge >= 0.3 is 0 Å². The normalized spacial score (nSPS) is 14.2. The largest absolute Gasteiger partial charge is 0.392 e. The lowest BCUT2D eigenvalue weighted by Gasteiger charge is -2.27. The van der Waals surface area contributed by atoms with Gasteiger partial charge < -0.3 is 10.2 Å². The van der Waals surface area contributed by atoms with Crippen molar-refractivity contribution < 1.29 is 10.2 Å². The molecule has 2 aromatic rings. The molecular formula is C17H20O2. The van der Waals surface area contributed by atoms with Gasteiger partial charge in [-0.25, -0.2) is 0 Å². The summed E-state index contributed by atoms with van der Waals surface area (Å²) >= 11 is 0. The zero-order valence-corrected chi connectivity index (χ0v) is 11.6. The zero-order valence-electron chi connectivity index (χ0n) is 11.6. The summed E-state index contributed by atoms with van der Waals surface area (Å²) in [7, 11) is 0. The Labute approximate surface area is 114 Å². The molecule has 1 atom stereocenters. The summed E-state index contributed by atoms with van der Waals surface area (Å²) in [4.78, 5) is 0. The van der Waals surface area contributed by atoms with Crippen molar-refractivity contribution in [1.29, 1.82) is 0 Å². The van der Waals surface area contributed by atoms with Crippen LogP contribution in [0.2, 0.25) is 0 Å². The number of hydrogen-bond donors (Lipinski definition) is 2. The van der Waals surface area contributed by atoms with Gasteiger partial charge in [0.2, 0.25) is 0 Å². The molecule has 0 radical (unpaired) electrons. The van der Waals surface area contributed by atoms with Crippen LogP contribution in [0.4, 0.5) is 0 Å². The van der Waals surface area contributed by atoms with Crippen LogP contribution in [0.15, 0.2) is 42.5 Å². The fourth-order valence-corrected chi connectivity index (χ4v) is 2.49. The van der Waals surface area contributed by atoms with Crippen LogP contribution in [0, 0.1) is 13.8 Å². The van der Waals surface area contributed by atoms with E-state index in [0.717, 1.165) is 27.8 Å². The number of benzene rings is 2. The van der Waals surface area contributed by atoms with Crippen molar-refractivity contribution in [3.63, 3.8) is 0 Å². The molecule has 2 rings (SSSR count). The van der Waals surface area contributed by atoms with E-state index >= 15 is 0 Å². The van der Waals surface area contributed by atoms with E-state index in [1.165, 1.54) is 0 Å². The fraction of sp³-hybridized carbons (Fsp3) is 0.294. The van der Waals surface area contributed by atoms with Crippen LogP contribution in [-0.2, 0) is 12.2 Å². The predicted octanol–water partition coefficient (Wildman–Crippen LogP) is 3.05. The van der Waals surface area contributed by atoms with Crippen LogP contribution in [0.5, 0.6) is 0 Å². The van der Waals surface area contributed by atoms with Gasteiger partial charge in [-0.1, -0.05) is 42.5 Å². The van der Waals surface area contributed by atoms with Crippen molar-refractivity contribution in [3.05, 3.63) is 70.3 Å². The third-order valence-electron chi connectivity index (χ3n) is 3.93. The Balaban J connectivity index is 2.56. The molecule has 1 unspecified atom stereocenters. The fourth-order valence-electron chi connectivity index (χ4n) is 2.49. The van der Waals surface area contributed by atoms with Crippen molar-refractivity contribution >= 4 is 0 Å². The molecular weight excluding hydrogens is 236 g/mol. The Morgan fingerprint density at radius 1 is 0.947 bits per heavy atom.